The predicted octanol–water partition coefficient (Wildman–Crippen LogP) is 1.46. The average molecular weight is 412 g/mol. The molecule has 2 aliphatic carbocycles. The van der Waals surface area contributed by atoms with E-state index in [1.807, 2.05) is 9.13 Å². The third kappa shape index (κ3) is 3.90. The van der Waals surface area contributed by atoms with Crippen molar-refractivity contribution in [2.45, 2.75) is 50.9 Å². The quantitative estimate of drug-likeness (QED) is 0.578. The Labute approximate surface area is 170 Å². The second-order valence-corrected chi connectivity index (χ2v) is 8.38. The lowest BCUT2D eigenvalue weighted by Gasteiger charge is -2.06. The maximum Gasteiger partial charge on any atom is 0.261 e. The highest BCUT2D eigenvalue weighted by molar-refractivity contribution is 7.15. The minimum Gasteiger partial charge on any atom is -0.344 e. The predicted molar refractivity (Wildman–Crippen MR) is 103 cm³/mol. The van der Waals surface area contributed by atoms with Gasteiger partial charge in [-0.2, -0.15) is 0 Å². The Morgan fingerprint density at radius 3 is 1.72 bits per heavy atom. The molecule has 0 saturated heterocycles. The maximum atomic E-state index is 12.4. The van der Waals surface area contributed by atoms with Crippen LogP contribution >= 0.6 is 11.3 Å². The number of nitrogens with zero attached hydrogens (tertiary/aromatic N) is 6. The molecule has 0 aromatic carbocycles. The number of rotatable bonds is 8. The Bertz CT molecular complexity index is 965. The highest BCUT2D eigenvalue weighted by atomic mass is 32.1. The summed E-state index contributed by atoms with van der Waals surface area (Å²) in [7, 11) is 0. The molecule has 0 aliphatic heterocycles. The number of amides is 2. The Morgan fingerprint density at radius 2 is 1.31 bits per heavy atom. The van der Waals surface area contributed by atoms with Gasteiger partial charge < -0.3 is 19.8 Å². The molecule has 29 heavy (non-hydrogen) atoms. The van der Waals surface area contributed by atoms with E-state index in [0.29, 0.717) is 34.9 Å². The van der Waals surface area contributed by atoms with Crippen molar-refractivity contribution in [2.24, 2.45) is 0 Å². The van der Waals surface area contributed by atoms with E-state index in [1.165, 1.54) is 0 Å². The standard InChI is InChI=1S/C18H20N8O2S/c27-17(19-7-15-23-21-9-25(15)11-1-2-11)13-5-6-14(29-13)18(28)20-8-16-24-22-10-26(16)12-3-4-12/h5-6,9-12H,1-4,7-8H2,(H,19,27)(H,20,28). The Kier molecular flexibility index (Phi) is 4.58. The van der Waals surface area contributed by atoms with Gasteiger partial charge >= 0.3 is 0 Å². The lowest BCUT2D eigenvalue weighted by molar-refractivity contribution is 0.0947. The molecule has 5 rings (SSSR count). The van der Waals surface area contributed by atoms with Crippen LogP contribution in [0.25, 0.3) is 0 Å². The summed E-state index contributed by atoms with van der Waals surface area (Å²) in [5.41, 5.74) is 0. The van der Waals surface area contributed by atoms with Gasteiger partial charge in [0.1, 0.15) is 12.7 Å². The fraction of sp³-hybridized carbons (Fsp3) is 0.444. The lowest BCUT2D eigenvalue weighted by Crippen LogP contribution is -2.24. The van der Waals surface area contributed by atoms with E-state index in [9.17, 15) is 9.59 Å². The van der Waals surface area contributed by atoms with Gasteiger partial charge in [-0.05, 0) is 37.8 Å². The van der Waals surface area contributed by atoms with Crippen LogP contribution in [-0.2, 0) is 13.1 Å². The summed E-state index contributed by atoms with van der Waals surface area (Å²) >= 11 is 1.16. The second kappa shape index (κ2) is 7.39. The largest absolute Gasteiger partial charge is 0.344 e. The SMILES string of the molecule is O=C(NCc1nncn1C1CC1)c1ccc(C(=O)NCc2nncn2C2CC2)s1. The first-order chi connectivity index (χ1) is 14.2. The monoisotopic (exact) mass is 412 g/mol. The number of thiophene rings is 1. The summed E-state index contributed by atoms with van der Waals surface area (Å²) < 4.78 is 4.02. The van der Waals surface area contributed by atoms with Crippen LogP contribution < -0.4 is 10.6 Å². The van der Waals surface area contributed by atoms with Gasteiger partial charge in [0.15, 0.2) is 11.6 Å². The summed E-state index contributed by atoms with van der Waals surface area (Å²) in [6.07, 6.45) is 7.91. The molecule has 0 atom stereocenters. The lowest BCUT2D eigenvalue weighted by atomic mass is 10.4. The molecule has 3 aromatic heterocycles. The molecule has 3 heterocycles. The molecule has 0 spiro atoms. The van der Waals surface area contributed by atoms with Gasteiger partial charge in [0.2, 0.25) is 0 Å². The summed E-state index contributed by atoms with van der Waals surface area (Å²) in [5, 5.41) is 21.7. The van der Waals surface area contributed by atoms with Crippen molar-refractivity contribution in [1.82, 2.24) is 40.2 Å². The molecule has 2 fully saturated rings. The third-order valence-electron chi connectivity index (χ3n) is 5.04. The molecule has 0 radical (unpaired) electrons. The molecule has 2 N–H and O–H groups in total. The fourth-order valence-electron chi connectivity index (χ4n) is 3.18. The average Bonchev–Trinajstić information content (AvgIpc) is 3.60. The molecule has 2 amide bonds. The first-order valence-corrected chi connectivity index (χ1v) is 10.4. The van der Waals surface area contributed by atoms with E-state index in [-0.39, 0.29) is 11.8 Å². The zero-order valence-corrected chi connectivity index (χ0v) is 16.4. The number of carbonyl (C=O) groups excluding carboxylic acids is 2. The third-order valence-corrected chi connectivity index (χ3v) is 6.13. The molecule has 3 aromatic rings. The van der Waals surface area contributed by atoms with Crippen molar-refractivity contribution < 1.29 is 9.59 Å². The summed E-state index contributed by atoms with van der Waals surface area (Å²) in [6.45, 7) is 0.622. The minimum atomic E-state index is -0.229. The molecular formula is C18H20N8O2S. The summed E-state index contributed by atoms with van der Waals surface area (Å²) in [4.78, 5) is 25.8. The molecule has 11 heteroatoms. The molecular weight excluding hydrogens is 392 g/mol. The first kappa shape index (κ1) is 18.0. The van der Waals surface area contributed by atoms with Gasteiger partial charge in [-0.3, -0.25) is 9.59 Å². The highest BCUT2D eigenvalue weighted by Gasteiger charge is 2.27. The van der Waals surface area contributed by atoms with Gasteiger partial charge in [0.25, 0.3) is 11.8 Å². The van der Waals surface area contributed by atoms with E-state index in [4.69, 9.17) is 0 Å². The zero-order chi connectivity index (χ0) is 19.8. The number of hydrogen-bond acceptors (Lipinski definition) is 7. The van der Waals surface area contributed by atoms with Gasteiger partial charge in [0.05, 0.1) is 22.8 Å². The van der Waals surface area contributed by atoms with Crippen molar-refractivity contribution >= 4 is 23.2 Å². The van der Waals surface area contributed by atoms with E-state index >= 15 is 0 Å². The molecule has 0 bridgehead atoms. The second-order valence-electron chi connectivity index (χ2n) is 7.30. The smallest absolute Gasteiger partial charge is 0.261 e. The van der Waals surface area contributed by atoms with Crippen LogP contribution in [0.2, 0.25) is 0 Å². The van der Waals surface area contributed by atoms with Gasteiger partial charge in [-0.25, -0.2) is 0 Å². The zero-order valence-electron chi connectivity index (χ0n) is 15.6. The van der Waals surface area contributed by atoms with Crippen molar-refractivity contribution in [3.63, 3.8) is 0 Å². The number of nitrogens with one attached hydrogen (secondary N) is 2. The van der Waals surface area contributed by atoms with Crippen LogP contribution in [-0.4, -0.2) is 41.3 Å². The van der Waals surface area contributed by atoms with Crippen LogP contribution in [0.3, 0.4) is 0 Å². The topological polar surface area (TPSA) is 120 Å². The molecule has 2 aliphatic rings. The normalized spacial score (nSPS) is 16.0. The molecule has 150 valence electrons. The Hall–Kier alpha value is -3.08. The number of aromatic nitrogens is 6. The van der Waals surface area contributed by atoms with Crippen LogP contribution in [0.4, 0.5) is 0 Å². The fourth-order valence-corrected chi connectivity index (χ4v) is 4.02. The first-order valence-electron chi connectivity index (χ1n) is 9.62. The van der Waals surface area contributed by atoms with E-state index in [1.54, 1.807) is 24.8 Å². The van der Waals surface area contributed by atoms with Crippen molar-refractivity contribution in [3.05, 3.63) is 46.2 Å². The molecule has 2 saturated carbocycles. The molecule has 0 unspecified atom stereocenters. The van der Waals surface area contributed by atoms with E-state index in [2.05, 4.69) is 31.0 Å². The van der Waals surface area contributed by atoms with Gasteiger partial charge in [-0.15, -0.1) is 31.7 Å². The van der Waals surface area contributed by atoms with Crippen molar-refractivity contribution in [3.8, 4) is 0 Å². The van der Waals surface area contributed by atoms with E-state index < -0.39 is 0 Å². The number of carbonyl (C=O) groups is 2. The van der Waals surface area contributed by atoms with E-state index in [0.717, 1.165) is 48.7 Å². The van der Waals surface area contributed by atoms with Crippen LogP contribution in [0.1, 0.15) is 68.8 Å². The van der Waals surface area contributed by atoms with Crippen LogP contribution in [0, 0.1) is 0 Å². The van der Waals surface area contributed by atoms with Crippen molar-refractivity contribution in [1.29, 1.82) is 0 Å². The van der Waals surface area contributed by atoms with Crippen LogP contribution in [0.15, 0.2) is 24.8 Å². The van der Waals surface area contributed by atoms with Crippen molar-refractivity contribution in [2.75, 3.05) is 0 Å². The Balaban J connectivity index is 1.16. The highest BCUT2D eigenvalue weighted by Crippen LogP contribution is 2.35. The minimum absolute atomic E-state index is 0.229. The Morgan fingerprint density at radius 1 is 0.862 bits per heavy atom. The number of hydrogen-bond donors (Lipinski definition) is 2. The van der Waals surface area contributed by atoms with Gasteiger partial charge in [0, 0.05) is 12.1 Å². The maximum absolute atomic E-state index is 12.4. The van der Waals surface area contributed by atoms with Crippen LogP contribution in [0.5, 0.6) is 0 Å². The molecule has 10 nitrogen and oxygen atoms in total. The van der Waals surface area contributed by atoms with Gasteiger partial charge in [-0.1, -0.05) is 0 Å². The summed E-state index contributed by atoms with van der Waals surface area (Å²) in [6, 6.07) is 4.24. The summed E-state index contributed by atoms with van der Waals surface area (Å²) in [5.74, 6) is 1.03.